The van der Waals surface area contributed by atoms with E-state index in [1.165, 1.54) is 30.5 Å². The normalized spacial score (nSPS) is 17.8. The number of aromatic nitrogens is 2. The first-order chi connectivity index (χ1) is 7.59. The highest BCUT2D eigenvalue weighted by atomic mass is 15.3. The van der Waals surface area contributed by atoms with Crippen LogP contribution < -0.4 is 5.32 Å². The van der Waals surface area contributed by atoms with Crippen LogP contribution in [0.15, 0.2) is 0 Å². The molecule has 3 heteroatoms. The molecule has 1 aromatic rings. The van der Waals surface area contributed by atoms with Gasteiger partial charge in [-0.25, -0.2) is 0 Å². The third-order valence-corrected chi connectivity index (χ3v) is 3.70. The molecule has 90 valence electrons. The Balaban J connectivity index is 1.93. The van der Waals surface area contributed by atoms with Crippen molar-refractivity contribution < 1.29 is 0 Å². The van der Waals surface area contributed by atoms with E-state index >= 15 is 0 Å². The van der Waals surface area contributed by atoms with Crippen LogP contribution in [0.5, 0.6) is 0 Å². The molecular formula is C13H23N3. The fourth-order valence-electron chi connectivity index (χ4n) is 2.43. The first-order valence-corrected chi connectivity index (χ1v) is 6.33. The molecule has 0 saturated heterocycles. The van der Waals surface area contributed by atoms with Gasteiger partial charge in [0.05, 0.1) is 5.69 Å². The van der Waals surface area contributed by atoms with Gasteiger partial charge in [0.2, 0.25) is 0 Å². The maximum Gasteiger partial charge on any atom is 0.0644 e. The summed E-state index contributed by atoms with van der Waals surface area (Å²) >= 11 is 0. The summed E-state index contributed by atoms with van der Waals surface area (Å²) < 4.78 is 1.98. The van der Waals surface area contributed by atoms with Crippen molar-refractivity contribution in [2.24, 2.45) is 13.0 Å². The van der Waals surface area contributed by atoms with Crippen molar-refractivity contribution in [3.8, 4) is 0 Å². The summed E-state index contributed by atoms with van der Waals surface area (Å²) in [6, 6.07) is 0.424. The summed E-state index contributed by atoms with van der Waals surface area (Å²) in [6.45, 7) is 7.62. The lowest BCUT2D eigenvalue weighted by Crippen LogP contribution is -2.21. The molecule has 1 aromatic heterocycles. The predicted molar refractivity (Wildman–Crippen MR) is 66.4 cm³/mol. The molecule has 1 saturated carbocycles. The Labute approximate surface area is 98.2 Å². The number of nitrogens with one attached hydrogen (secondary N) is 1. The second kappa shape index (κ2) is 4.58. The van der Waals surface area contributed by atoms with Crippen molar-refractivity contribution in [1.82, 2.24) is 15.1 Å². The molecule has 1 atom stereocenters. The summed E-state index contributed by atoms with van der Waals surface area (Å²) in [5.41, 5.74) is 3.81. The second-order valence-corrected chi connectivity index (χ2v) is 5.12. The van der Waals surface area contributed by atoms with Crippen LogP contribution in [-0.2, 0) is 7.05 Å². The summed E-state index contributed by atoms with van der Waals surface area (Å²) in [7, 11) is 2.02. The maximum atomic E-state index is 4.46. The average molecular weight is 221 g/mol. The lowest BCUT2D eigenvalue weighted by molar-refractivity contribution is 0.536. The zero-order valence-electron chi connectivity index (χ0n) is 10.9. The molecule has 0 amide bonds. The van der Waals surface area contributed by atoms with E-state index in [4.69, 9.17) is 0 Å². The molecule has 16 heavy (non-hydrogen) atoms. The summed E-state index contributed by atoms with van der Waals surface area (Å²) in [5.74, 6) is 1.01. The Morgan fingerprint density at radius 3 is 2.62 bits per heavy atom. The number of aryl methyl sites for hydroxylation is 2. The standard InChI is InChI=1S/C13H23N3/c1-9(14-8-7-12-5-6-12)13-10(2)15-16(4)11(13)3/h9,12,14H,5-8H2,1-4H3. The molecule has 0 radical (unpaired) electrons. The maximum absolute atomic E-state index is 4.46. The molecule has 1 fully saturated rings. The van der Waals surface area contributed by atoms with E-state index in [9.17, 15) is 0 Å². The molecule has 1 unspecified atom stereocenters. The zero-order valence-corrected chi connectivity index (χ0v) is 10.9. The fourth-order valence-corrected chi connectivity index (χ4v) is 2.43. The van der Waals surface area contributed by atoms with E-state index in [0.717, 1.165) is 18.2 Å². The van der Waals surface area contributed by atoms with Crippen molar-refractivity contribution in [2.45, 2.75) is 46.1 Å². The first-order valence-electron chi connectivity index (χ1n) is 6.33. The Morgan fingerprint density at radius 1 is 1.44 bits per heavy atom. The summed E-state index contributed by atoms with van der Waals surface area (Å²) in [4.78, 5) is 0. The van der Waals surface area contributed by atoms with Crippen molar-refractivity contribution in [2.75, 3.05) is 6.54 Å². The monoisotopic (exact) mass is 221 g/mol. The smallest absolute Gasteiger partial charge is 0.0644 e. The molecule has 1 aliphatic rings. The minimum Gasteiger partial charge on any atom is -0.310 e. The Morgan fingerprint density at radius 2 is 2.12 bits per heavy atom. The molecule has 1 heterocycles. The van der Waals surface area contributed by atoms with E-state index in [1.807, 2.05) is 11.7 Å². The Hall–Kier alpha value is -0.830. The molecule has 0 aliphatic heterocycles. The number of hydrogen-bond donors (Lipinski definition) is 1. The van der Waals surface area contributed by atoms with E-state index in [0.29, 0.717) is 6.04 Å². The predicted octanol–water partition coefficient (Wildman–Crippen LogP) is 2.49. The molecule has 3 nitrogen and oxygen atoms in total. The largest absolute Gasteiger partial charge is 0.310 e. The van der Waals surface area contributed by atoms with Crippen LogP contribution in [0, 0.1) is 19.8 Å². The van der Waals surface area contributed by atoms with E-state index < -0.39 is 0 Å². The quantitative estimate of drug-likeness (QED) is 0.828. The van der Waals surface area contributed by atoms with Gasteiger partial charge in [-0.2, -0.15) is 5.10 Å². The fraction of sp³-hybridized carbons (Fsp3) is 0.769. The lowest BCUT2D eigenvalue weighted by Gasteiger charge is -2.14. The van der Waals surface area contributed by atoms with Crippen molar-refractivity contribution in [3.05, 3.63) is 17.0 Å². The van der Waals surface area contributed by atoms with Crippen LogP contribution in [0.25, 0.3) is 0 Å². The van der Waals surface area contributed by atoms with Crippen LogP contribution in [0.4, 0.5) is 0 Å². The number of nitrogens with zero attached hydrogens (tertiary/aromatic N) is 2. The van der Waals surface area contributed by atoms with E-state index in [2.05, 4.69) is 31.2 Å². The highest BCUT2D eigenvalue weighted by Crippen LogP contribution is 2.32. The molecule has 0 bridgehead atoms. The first kappa shape index (κ1) is 11.6. The van der Waals surface area contributed by atoms with Gasteiger partial charge in [-0.1, -0.05) is 12.8 Å². The van der Waals surface area contributed by atoms with E-state index in [-0.39, 0.29) is 0 Å². The van der Waals surface area contributed by atoms with Gasteiger partial charge < -0.3 is 5.32 Å². The third-order valence-electron chi connectivity index (χ3n) is 3.70. The van der Waals surface area contributed by atoms with Gasteiger partial charge in [-0.3, -0.25) is 4.68 Å². The van der Waals surface area contributed by atoms with Crippen molar-refractivity contribution >= 4 is 0 Å². The molecule has 0 aromatic carbocycles. The summed E-state index contributed by atoms with van der Waals surface area (Å²) in [5, 5.41) is 8.08. The Kier molecular flexibility index (Phi) is 3.33. The molecule has 2 rings (SSSR count). The van der Waals surface area contributed by atoms with Gasteiger partial charge in [-0.15, -0.1) is 0 Å². The van der Waals surface area contributed by atoms with Gasteiger partial charge >= 0.3 is 0 Å². The minimum absolute atomic E-state index is 0.424. The lowest BCUT2D eigenvalue weighted by atomic mass is 10.1. The average Bonchev–Trinajstić information content (AvgIpc) is 2.97. The number of hydrogen-bond acceptors (Lipinski definition) is 2. The topological polar surface area (TPSA) is 29.9 Å². The van der Waals surface area contributed by atoms with Crippen LogP contribution in [0.1, 0.15) is 49.2 Å². The van der Waals surface area contributed by atoms with Crippen LogP contribution >= 0.6 is 0 Å². The van der Waals surface area contributed by atoms with Crippen LogP contribution in [-0.4, -0.2) is 16.3 Å². The van der Waals surface area contributed by atoms with Crippen LogP contribution in [0.3, 0.4) is 0 Å². The Bertz CT molecular complexity index is 363. The minimum atomic E-state index is 0.424. The highest BCUT2D eigenvalue weighted by Gasteiger charge is 2.21. The van der Waals surface area contributed by atoms with Crippen LogP contribution in [0.2, 0.25) is 0 Å². The van der Waals surface area contributed by atoms with Gasteiger partial charge in [-0.05, 0) is 39.7 Å². The summed E-state index contributed by atoms with van der Waals surface area (Å²) in [6.07, 6.45) is 4.23. The second-order valence-electron chi connectivity index (χ2n) is 5.12. The van der Waals surface area contributed by atoms with Crippen molar-refractivity contribution in [1.29, 1.82) is 0 Å². The molecular weight excluding hydrogens is 198 g/mol. The van der Waals surface area contributed by atoms with Gasteiger partial charge in [0, 0.05) is 24.3 Å². The van der Waals surface area contributed by atoms with Crippen molar-refractivity contribution in [3.63, 3.8) is 0 Å². The van der Waals surface area contributed by atoms with Gasteiger partial charge in [0.1, 0.15) is 0 Å². The molecule has 1 aliphatic carbocycles. The SMILES string of the molecule is Cc1nn(C)c(C)c1C(C)NCCC1CC1. The molecule has 1 N–H and O–H groups in total. The number of rotatable bonds is 5. The highest BCUT2D eigenvalue weighted by molar-refractivity contribution is 5.27. The molecule has 0 spiro atoms. The third kappa shape index (κ3) is 2.46. The zero-order chi connectivity index (χ0) is 11.7. The van der Waals surface area contributed by atoms with E-state index in [1.54, 1.807) is 0 Å². The van der Waals surface area contributed by atoms with Gasteiger partial charge in [0.15, 0.2) is 0 Å². The van der Waals surface area contributed by atoms with Gasteiger partial charge in [0.25, 0.3) is 0 Å².